The normalized spacial score (nSPS) is 11.8. The topological polar surface area (TPSA) is 71.8 Å². The molecule has 6 nitrogen and oxygen atoms in total. The summed E-state index contributed by atoms with van der Waals surface area (Å²) >= 11 is 6.45. The van der Waals surface area contributed by atoms with E-state index in [2.05, 4.69) is 51.9 Å². The van der Waals surface area contributed by atoms with Gasteiger partial charge in [0.15, 0.2) is 5.82 Å². The standard InChI is InChI=1S/C26H26ClN5O/c1-18-8-10-19(11-9-18)12-13-28-24(20-6-4-3-5-7-20)26(33)31-25-23(27)14-21(15-29-25)22-16-30-32(2)17-22/h3-11,14-17,24,28H,12-13H2,1-2H3,(H,29,31,33)/t24-/m0/s1. The van der Waals surface area contributed by atoms with Crippen molar-refractivity contribution in [1.82, 2.24) is 20.1 Å². The minimum atomic E-state index is -0.535. The van der Waals surface area contributed by atoms with Crippen molar-refractivity contribution in [3.8, 4) is 11.1 Å². The monoisotopic (exact) mass is 459 g/mol. The van der Waals surface area contributed by atoms with Gasteiger partial charge in [0.25, 0.3) is 0 Å². The molecule has 33 heavy (non-hydrogen) atoms. The lowest BCUT2D eigenvalue weighted by atomic mass is 10.1. The fourth-order valence-corrected chi connectivity index (χ4v) is 3.78. The first-order valence-corrected chi connectivity index (χ1v) is 11.2. The van der Waals surface area contributed by atoms with Crippen LogP contribution in [0.4, 0.5) is 5.82 Å². The van der Waals surface area contributed by atoms with Crippen molar-refractivity contribution in [2.45, 2.75) is 19.4 Å². The van der Waals surface area contributed by atoms with Crippen molar-refractivity contribution < 1.29 is 4.79 Å². The van der Waals surface area contributed by atoms with E-state index in [1.807, 2.05) is 43.6 Å². The van der Waals surface area contributed by atoms with Crippen LogP contribution in [0, 0.1) is 6.92 Å². The van der Waals surface area contributed by atoms with Gasteiger partial charge in [-0.05, 0) is 30.5 Å². The summed E-state index contributed by atoms with van der Waals surface area (Å²) in [5, 5.41) is 10.8. The average Bonchev–Trinajstić information content (AvgIpc) is 3.26. The number of amides is 1. The van der Waals surface area contributed by atoms with Gasteiger partial charge in [-0.15, -0.1) is 0 Å². The van der Waals surface area contributed by atoms with Gasteiger partial charge in [0.1, 0.15) is 6.04 Å². The zero-order chi connectivity index (χ0) is 23.2. The molecule has 0 aliphatic rings. The summed E-state index contributed by atoms with van der Waals surface area (Å²) < 4.78 is 1.71. The third kappa shape index (κ3) is 5.86. The van der Waals surface area contributed by atoms with Crippen molar-refractivity contribution in [3.63, 3.8) is 0 Å². The highest BCUT2D eigenvalue weighted by Gasteiger charge is 2.21. The average molecular weight is 460 g/mol. The molecule has 0 saturated carbocycles. The molecule has 0 saturated heterocycles. The Morgan fingerprint density at radius 3 is 2.48 bits per heavy atom. The molecule has 0 fully saturated rings. The van der Waals surface area contributed by atoms with Gasteiger partial charge >= 0.3 is 0 Å². The lowest BCUT2D eigenvalue weighted by Gasteiger charge is -2.19. The number of aromatic nitrogens is 3. The summed E-state index contributed by atoms with van der Waals surface area (Å²) in [6, 6.07) is 19.3. The number of aryl methyl sites for hydroxylation is 2. The Labute approximate surface area is 198 Å². The molecule has 2 aromatic heterocycles. The summed E-state index contributed by atoms with van der Waals surface area (Å²) in [5.41, 5.74) is 5.07. The molecule has 4 aromatic rings. The Hall–Kier alpha value is -3.48. The lowest BCUT2D eigenvalue weighted by molar-refractivity contribution is -0.118. The molecule has 4 rings (SSSR count). The van der Waals surface area contributed by atoms with Crippen LogP contribution in [0.25, 0.3) is 11.1 Å². The first-order chi connectivity index (χ1) is 16.0. The predicted molar refractivity (Wildman–Crippen MR) is 132 cm³/mol. The van der Waals surface area contributed by atoms with Crippen LogP contribution >= 0.6 is 11.6 Å². The van der Waals surface area contributed by atoms with Crippen molar-refractivity contribution in [2.75, 3.05) is 11.9 Å². The van der Waals surface area contributed by atoms with Crippen molar-refractivity contribution in [3.05, 3.63) is 101 Å². The number of carbonyl (C=O) groups excluding carboxylic acids is 1. The molecular weight excluding hydrogens is 434 g/mol. The number of benzene rings is 2. The molecule has 7 heteroatoms. The molecule has 1 atom stereocenters. The van der Waals surface area contributed by atoms with Crippen molar-refractivity contribution >= 4 is 23.3 Å². The Morgan fingerprint density at radius 1 is 1.06 bits per heavy atom. The molecule has 2 aromatic carbocycles. The molecule has 0 spiro atoms. The summed E-state index contributed by atoms with van der Waals surface area (Å²) in [6.07, 6.45) is 6.13. The molecule has 168 valence electrons. The second-order valence-corrected chi connectivity index (χ2v) is 8.39. The smallest absolute Gasteiger partial charge is 0.247 e. The Kier molecular flexibility index (Phi) is 7.17. The highest BCUT2D eigenvalue weighted by Crippen LogP contribution is 2.27. The third-order valence-electron chi connectivity index (χ3n) is 5.40. The predicted octanol–water partition coefficient (Wildman–Crippen LogP) is 4.96. The first-order valence-electron chi connectivity index (χ1n) is 10.8. The van der Waals surface area contributed by atoms with Gasteiger partial charge in [0.2, 0.25) is 5.91 Å². The second kappa shape index (κ2) is 10.4. The SMILES string of the molecule is Cc1ccc(CCN[C@H](C(=O)Nc2ncc(-c3cnn(C)c3)cc2Cl)c2ccccc2)cc1. The minimum Gasteiger partial charge on any atom is -0.308 e. The number of hydrogen-bond acceptors (Lipinski definition) is 4. The molecule has 0 aliphatic carbocycles. The summed E-state index contributed by atoms with van der Waals surface area (Å²) in [4.78, 5) is 17.6. The Morgan fingerprint density at radius 2 is 1.82 bits per heavy atom. The van der Waals surface area contributed by atoms with Crippen LogP contribution in [0.3, 0.4) is 0 Å². The Balaban J connectivity index is 1.47. The number of nitrogens with one attached hydrogen (secondary N) is 2. The van der Waals surface area contributed by atoms with Crippen LogP contribution in [0.15, 0.2) is 79.3 Å². The van der Waals surface area contributed by atoms with E-state index in [0.717, 1.165) is 23.1 Å². The second-order valence-electron chi connectivity index (χ2n) is 7.98. The fraction of sp³-hybridized carbons (Fsp3) is 0.192. The maximum Gasteiger partial charge on any atom is 0.247 e. The number of carbonyl (C=O) groups is 1. The highest BCUT2D eigenvalue weighted by atomic mass is 35.5. The molecule has 0 unspecified atom stereocenters. The van der Waals surface area contributed by atoms with Gasteiger partial charge in [-0.25, -0.2) is 4.98 Å². The van der Waals surface area contributed by atoms with E-state index < -0.39 is 6.04 Å². The third-order valence-corrected chi connectivity index (χ3v) is 5.69. The number of hydrogen-bond donors (Lipinski definition) is 2. The molecule has 2 N–H and O–H groups in total. The number of rotatable bonds is 8. The van der Waals surface area contributed by atoms with Crippen LogP contribution in [0.1, 0.15) is 22.7 Å². The van der Waals surface area contributed by atoms with Crippen LogP contribution in [-0.4, -0.2) is 27.2 Å². The minimum absolute atomic E-state index is 0.214. The number of pyridine rings is 1. The highest BCUT2D eigenvalue weighted by molar-refractivity contribution is 6.33. The zero-order valence-corrected chi connectivity index (χ0v) is 19.4. The van der Waals surface area contributed by atoms with E-state index in [0.29, 0.717) is 17.4 Å². The van der Waals surface area contributed by atoms with E-state index in [9.17, 15) is 4.79 Å². The number of halogens is 1. The van der Waals surface area contributed by atoms with E-state index in [-0.39, 0.29) is 5.91 Å². The molecule has 1 amide bonds. The first kappa shape index (κ1) is 22.7. The molecular formula is C26H26ClN5O. The lowest BCUT2D eigenvalue weighted by Crippen LogP contribution is -2.34. The fourth-order valence-electron chi connectivity index (χ4n) is 3.57. The Bertz CT molecular complexity index is 1220. The van der Waals surface area contributed by atoms with Gasteiger partial charge in [-0.3, -0.25) is 9.48 Å². The summed E-state index contributed by atoms with van der Waals surface area (Å²) in [5.74, 6) is 0.115. The van der Waals surface area contributed by atoms with E-state index in [1.54, 1.807) is 23.1 Å². The van der Waals surface area contributed by atoms with Crippen molar-refractivity contribution in [1.29, 1.82) is 0 Å². The molecule has 0 aliphatic heterocycles. The number of anilines is 1. The zero-order valence-electron chi connectivity index (χ0n) is 18.6. The van der Waals surface area contributed by atoms with E-state index in [4.69, 9.17) is 11.6 Å². The van der Waals surface area contributed by atoms with Gasteiger partial charge in [-0.2, -0.15) is 5.10 Å². The van der Waals surface area contributed by atoms with Crippen LogP contribution in [0.2, 0.25) is 5.02 Å². The maximum absolute atomic E-state index is 13.2. The van der Waals surface area contributed by atoms with Gasteiger partial charge in [-0.1, -0.05) is 71.8 Å². The van der Waals surface area contributed by atoms with E-state index in [1.165, 1.54) is 11.1 Å². The molecule has 0 radical (unpaired) electrons. The largest absolute Gasteiger partial charge is 0.308 e. The van der Waals surface area contributed by atoms with E-state index >= 15 is 0 Å². The molecule has 2 heterocycles. The van der Waals surface area contributed by atoms with Crippen molar-refractivity contribution in [2.24, 2.45) is 7.05 Å². The molecule has 0 bridgehead atoms. The quantitative estimate of drug-likeness (QED) is 0.391. The maximum atomic E-state index is 13.2. The van der Waals surface area contributed by atoms with Gasteiger partial charge in [0.05, 0.1) is 11.2 Å². The summed E-state index contributed by atoms with van der Waals surface area (Å²) in [6.45, 7) is 2.72. The van der Waals surface area contributed by atoms with Gasteiger partial charge < -0.3 is 10.6 Å². The summed E-state index contributed by atoms with van der Waals surface area (Å²) in [7, 11) is 1.85. The van der Waals surface area contributed by atoms with Gasteiger partial charge in [0, 0.05) is 37.1 Å². The van der Waals surface area contributed by atoms with Crippen LogP contribution < -0.4 is 10.6 Å². The number of nitrogens with zero attached hydrogens (tertiary/aromatic N) is 3. The van der Waals surface area contributed by atoms with Crippen LogP contribution in [-0.2, 0) is 18.3 Å². The van der Waals surface area contributed by atoms with Crippen LogP contribution in [0.5, 0.6) is 0 Å².